The highest BCUT2D eigenvalue weighted by Crippen LogP contribution is 2.20. The lowest BCUT2D eigenvalue weighted by Gasteiger charge is -2.23. The zero-order valence-electron chi connectivity index (χ0n) is 18.1. The number of hydrogen-bond donors (Lipinski definition) is 1. The summed E-state index contributed by atoms with van der Waals surface area (Å²) in [5.74, 6) is 0.365. The maximum atomic E-state index is 12.8. The van der Waals surface area contributed by atoms with Gasteiger partial charge >= 0.3 is 0 Å². The first-order valence-electron chi connectivity index (χ1n) is 10.4. The molecule has 0 aliphatic heterocycles. The van der Waals surface area contributed by atoms with E-state index in [2.05, 4.69) is 17.4 Å². The van der Waals surface area contributed by atoms with E-state index in [1.807, 2.05) is 36.2 Å². The Bertz CT molecular complexity index is 971. The third kappa shape index (κ3) is 6.55. The fraction of sp³-hybridized carbons (Fsp3) is 0.280. The van der Waals surface area contributed by atoms with Crippen molar-refractivity contribution in [3.05, 3.63) is 89.9 Å². The Hall–Kier alpha value is -3.38. The van der Waals surface area contributed by atoms with E-state index in [1.54, 1.807) is 48.5 Å². The second-order valence-electron chi connectivity index (χ2n) is 7.56. The maximum Gasteiger partial charge on any atom is 0.253 e. The Labute approximate surface area is 183 Å². The molecule has 0 aliphatic carbocycles. The number of amides is 2. The van der Waals surface area contributed by atoms with Crippen LogP contribution in [0.4, 0.5) is 5.69 Å². The van der Waals surface area contributed by atoms with Crippen molar-refractivity contribution in [3.8, 4) is 0 Å². The molecule has 6 heteroatoms. The average molecular weight is 420 g/mol. The van der Waals surface area contributed by atoms with Gasteiger partial charge < -0.3 is 14.6 Å². The predicted octanol–water partition coefficient (Wildman–Crippen LogP) is 3.74. The fourth-order valence-corrected chi connectivity index (χ4v) is 3.38. The van der Waals surface area contributed by atoms with Crippen molar-refractivity contribution >= 4 is 17.5 Å². The molecule has 0 spiro atoms. The van der Waals surface area contributed by atoms with E-state index in [1.165, 1.54) is 5.56 Å². The monoisotopic (exact) mass is 419 g/mol. The molecule has 0 bridgehead atoms. The molecule has 0 atom stereocenters. The summed E-state index contributed by atoms with van der Waals surface area (Å²) in [6, 6.07) is 21.0. The van der Waals surface area contributed by atoms with Gasteiger partial charge in [0, 0.05) is 7.05 Å². The van der Waals surface area contributed by atoms with Crippen LogP contribution in [-0.4, -0.2) is 43.9 Å². The van der Waals surface area contributed by atoms with E-state index in [-0.39, 0.29) is 18.4 Å². The van der Waals surface area contributed by atoms with Gasteiger partial charge in [0.2, 0.25) is 5.91 Å². The van der Waals surface area contributed by atoms with Gasteiger partial charge in [-0.2, -0.15) is 0 Å². The third-order valence-electron chi connectivity index (χ3n) is 5.14. The lowest BCUT2D eigenvalue weighted by molar-refractivity contribution is -0.119. The van der Waals surface area contributed by atoms with Crippen LogP contribution < -0.4 is 10.2 Å². The summed E-state index contributed by atoms with van der Waals surface area (Å²) in [4.78, 5) is 29.1. The van der Waals surface area contributed by atoms with Crippen LogP contribution in [0.3, 0.4) is 0 Å². The van der Waals surface area contributed by atoms with Crippen LogP contribution in [0.25, 0.3) is 0 Å². The number of benzene rings is 2. The first-order valence-corrected chi connectivity index (χ1v) is 10.4. The quantitative estimate of drug-likeness (QED) is 0.544. The van der Waals surface area contributed by atoms with E-state index >= 15 is 0 Å². The molecule has 2 amide bonds. The lowest BCUT2D eigenvalue weighted by Crippen LogP contribution is -2.38. The van der Waals surface area contributed by atoms with Gasteiger partial charge in [-0.15, -0.1) is 0 Å². The molecule has 0 unspecified atom stereocenters. The van der Waals surface area contributed by atoms with Crippen LogP contribution in [0.2, 0.25) is 0 Å². The molecule has 0 fully saturated rings. The molecule has 3 aromatic rings. The molecule has 1 N–H and O–H groups in total. The number of furan rings is 1. The smallest absolute Gasteiger partial charge is 0.253 e. The van der Waals surface area contributed by atoms with E-state index in [0.29, 0.717) is 23.6 Å². The molecule has 31 heavy (non-hydrogen) atoms. The molecule has 6 nitrogen and oxygen atoms in total. The molecule has 0 aliphatic rings. The number of likely N-dealkylation sites (N-methyl/N-ethyl adjacent to an activating group) is 2. The first kappa shape index (κ1) is 22.3. The molecule has 1 aromatic heterocycles. The molecule has 0 saturated carbocycles. The molecule has 162 valence electrons. The van der Waals surface area contributed by atoms with Crippen LogP contribution >= 0.6 is 0 Å². The Morgan fingerprint density at radius 2 is 1.68 bits per heavy atom. The van der Waals surface area contributed by atoms with Crippen LogP contribution in [0, 0.1) is 0 Å². The number of nitrogens with zero attached hydrogens (tertiary/aromatic N) is 2. The highest BCUT2D eigenvalue weighted by molar-refractivity contribution is 6.04. The van der Waals surface area contributed by atoms with Gasteiger partial charge in [0.1, 0.15) is 5.76 Å². The van der Waals surface area contributed by atoms with E-state index in [0.717, 1.165) is 19.4 Å². The zero-order valence-corrected chi connectivity index (χ0v) is 18.1. The summed E-state index contributed by atoms with van der Waals surface area (Å²) in [5.41, 5.74) is 2.34. The van der Waals surface area contributed by atoms with E-state index < -0.39 is 0 Å². The normalized spacial score (nSPS) is 10.8. The van der Waals surface area contributed by atoms with Crippen molar-refractivity contribution in [1.82, 2.24) is 10.2 Å². The highest BCUT2D eigenvalue weighted by Gasteiger charge is 2.19. The molecule has 0 saturated heterocycles. The SMILES string of the molecule is CN(CCCc1ccccc1)CC(=O)N(C)c1ccccc1C(=O)NCc1ccco1. The van der Waals surface area contributed by atoms with Gasteiger partial charge in [0.15, 0.2) is 0 Å². The largest absolute Gasteiger partial charge is 0.467 e. The lowest BCUT2D eigenvalue weighted by atomic mass is 10.1. The Kier molecular flexibility index (Phi) is 8.01. The van der Waals surface area contributed by atoms with Crippen LogP contribution in [0.15, 0.2) is 77.4 Å². The Morgan fingerprint density at radius 1 is 0.935 bits per heavy atom. The summed E-state index contributed by atoms with van der Waals surface area (Å²) >= 11 is 0. The van der Waals surface area contributed by atoms with Gasteiger partial charge in [-0.25, -0.2) is 0 Å². The van der Waals surface area contributed by atoms with Crippen molar-refractivity contribution in [1.29, 1.82) is 0 Å². The zero-order chi connectivity index (χ0) is 22.1. The van der Waals surface area contributed by atoms with Gasteiger partial charge in [-0.3, -0.25) is 14.5 Å². The first-order chi connectivity index (χ1) is 15.0. The fourth-order valence-electron chi connectivity index (χ4n) is 3.38. The molecular formula is C25H29N3O3. The summed E-state index contributed by atoms with van der Waals surface area (Å²) in [6.45, 7) is 1.40. The number of aryl methyl sites for hydroxylation is 1. The average Bonchev–Trinajstić information content (AvgIpc) is 3.31. The van der Waals surface area contributed by atoms with Gasteiger partial charge in [0.25, 0.3) is 5.91 Å². The molecule has 1 heterocycles. The minimum atomic E-state index is -0.247. The predicted molar refractivity (Wildman–Crippen MR) is 122 cm³/mol. The third-order valence-corrected chi connectivity index (χ3v) is 5.14. The summed E-state index contributed by atoms with van der Waals surface area (Å²) in [7, 11) is 3.65. The molecular weight excluding hydrogens is 390 g/mol. The molecule has 2 aromatic carbocycles. The minimum absolute atomic E-state index is 0.0616. The molecule has 3 rings (SSSR count). The number of hydrogen-bond acceptors (Lipinski definition) is 4. The standard InChI is InChI=1S/C25H29N3O3/c1-27(16-8-12-20-10-4-3-5-11-20)19-24(29)28(2)23-15-7-6-14-22(23)25(30)26-18-21-13-9-17-31-21/h3-7,9-11,13-15,17H,8,12,16,18-19H2,1-2H3,(H,26,30). The summed E-state index contributed by atoms with van der Waals surface area (Å²) < 4.78 is 5.26. The topological polar surface area (TPSA) is 65.8 Å². The van der Waals surface area contributed by atoms with Crippen molar-refractivity contribution < 1.29 is 14.0 Å². The van der Waals surface area contributed by atoms with Gasteiger partial charge in [-0.05, 0) is 56.3 Å². The number of para-hydroxylation sites is 1. The van der Waals surface area contributed by atoms with E-state index in [9.17, 15) is 9.59 Å². The number of rotatable bonds is 10. The number of nitrogens with one attached hydrogen (secondary N) is 1. The van der Waals surface area contributed by atoms with Gasteiger partial charge in [-0.1, -0.05) is 42.5 Å². The second-order valence-corrected chi connectivity index (χ2v) is 7.56. The van der Waals surface area contributed by atoms with Crippen molar-refractivity contribution in [2.24, 2.45) is 0 Å². The maximum absolute atomic E-state index is 12.8. The van der Waals surface area contributed by atoms with Crippen molar-refractivity contribution in [2.75, 3.05) is 32.1 Å². The number of carbonyl (C=O) groups excluding carboxylic acids is 2. The molecule has 0 radical (unpaired) electrons. The number of anilines is 1. The van der Waals surface area contributed by atoms with E-state index in [4.69, 9.17) is 4.42 Å². The van der Waals surface area contributed by atoms with Gasteiger partial charge in [0.05, 0.1) is 30.6 Å². The summed E-state index contributed by atoms with van der Waals surface area (Å²) in [6.07, 6.45) is 3.52. The second kappa shape index (κ2) is 11.1. The highest BCUT2D eigenvalue weighted by atomic mass is 16.3. The minimum Gasteiger partial charge on any atom is -0.467 e. The van der Waals surface area contributed by atoms with Crippen LogP contribution in [0.1, 0.15) is 28.1 Å². The van der Waals surface area contributed by atoms with Crippen LogP contribution in [-0.2, 0) is 17.8 Å². The van der Waals surface area contributed by atoms with Crippen molar-refractivity contribution in [2.45, 2.75) is 19.4 Å². The van der Waals surface area contributed by atoms with Crippen molar-refractivity contribution in [3.63, 3.8) is 0 Å². The Balaban J connectivity index is 1.54. The van der Waals surface area contributed by atoms with Crippen LogP contribution in [0.5, 0.6) is 0 Å². The summed E-state index contributed by atoms with van der Waals surface area (Å²) in [5, 5.41) is 2.84. The number of carbonyl (C=O) groups is 2. The Morgan fingerprint density at radius 3 is 2.42 bits per heavy atom.